The van der Waals surface area contributed by atoms with Crippen molar-refractivity contribution in [3.8, 4) is 11.5 Å². The van der Waals surface area contributed by atoms with Gasteiger partial charge in [-0.05, 0) is 30.7 Å². The van der Waals surface area contributed by atoms with Crippen LogP contribution in [-0.4, -0.2) is 29.5 Å². The van der Waals surface area contributed by atoms with Crippen LogP contribution in [0, 0.1) is 0 Å². The first-order valence-electron chi connectivity index (χ1n) is 6.88. The quantitative estimate of drug-likeness (QED) is 0.839. The molecule has 5 heteroatoms. The van der Waals surface area contributed by atoms with E-state index < -0.39 is 0 Å². The molecule has 1 aliphatic rings. The summed E-state index contributed by atoms with van der Waals surface area (Å²) >= 11 is 0. The summed E-state index contributed by atoms with van der Waals surface area (Å²) in [6.07, 6.45) is 4.88. The van der Waals surface area contributed by atoms with Crippen LogP contribution < -0.4 is 14.8 Å². The van der Waals surface area contributed by atoms with E-state index in [9.17, 15) is 0 Å². The minimum Gasteiger partial charge on any atom is -0.486 e. The Hall–Kier alpha value is -2.01. The monoisotopic (exact) mass is 273 g/mol. The molecule has 3 rings (SSSR count). The molecule has 0 radical (unpaired) electrons. The lowest BCUT2D eigenvalue weighted by atomic mass is 10.1. The van der Waals surface area contributed by atoms with E-state index in [1.54, 1.807) is 0 Å². The Kier molecular flexibility index (Phi) is 3.87. The number of benzene rings is 1. The van der Waals surface area contributed by atoms with Crippen LogP contribution in [0.4, 0.5) is 0 Å². The van der Waals surface area contributed by atoms with Gasteiger partial charge in [-0.3, -0.25) is 4.68 Å². The number of aromatic nitrogens is 2. The van der Waals surface area contributed by atoms with Crippen LogP contribution in [-0.2, 0) is 20.0 Å². The fraction of sp³-hybridized carbons (Fsp3) is 0.400. The van der Waals surface area contributed by atoms with Crippen LogP contribution >= 0.6 is 0 Å². The van der Waals surface area contributed by atoms with Crippen molar-refractivity contribution < 1.29 is 9.47 Å². The smallest absolute Gasteiger partial charge is 0.161 e. The van der Waals surface area contributed by atoms with E-state index >= 15 is 0 Å². The van der Waals surface area contributed by atoms with Crippen LogP contribution in [0.1, 0.15) is 11.1 Å². The standard InChI is InChI=1S/C15H19N3O2/c1-18-11-13(10-17-18)9-16-5-4-12-2-3-14-15(8-12)20-7-6-19-14/h2-3,8,10-11,16H,4-7,9H2,1H3. The second-order valence-electron chi connectivity index (χ2n) is 4.93. The molecule has 0 atom stereocenters. The third-order valence-electron chi connectivity index (χ3n) is 3.28. The Balaban J connectivity index is 1.48. The molecule has 5 nitrogen and oxygen atoms in total. The molecule has 0 fully saturated rings. The fourth-order valence-corrected chi connectivity index (χ4v) is 2.27. The summed E-state index contributed by atoms with van der Waals surface area (Å²) in [4.78, 5) is 0. The molecule has 1 N–H and O–H groups in total. The van der Waals surface area contributed by atoms with Gasteiger partial charge in [0.2, 0.25) is 0 Å². The third-order valence-corrected chi connectivity index (χ3v) is 3.28. The number of fused-ring (bicyclic) bond motifs is 1. The van der Waals surface area contributed by atoms with Crippen LogP contribution in [0.3, 0.4) is 0 Å². The minimum absolute atomic E-state index is 0.635. The predicted octanol–water partition coefficient (Wildman–Crippen LogP) is 1.52. The largest absolute Gasteiger partial charge is 0.486 e. The van der Waals surface area contributed by atoms with Gasteiger partial charge in [0.15, 0.2) is 11.5 Å². The molecule has 2 aromatic rings. The zero-order valence-corrected chi connectivity index (χ0v) is 11.6. The van der Waals surface area contributed by atoms with Crippen LogP contribution in [0.5, 0.6) is 11.5 Å². The molecule has 20 heavy (non-hydrogen) atoms. The van der Waals surface area contributed by atoms with E-state index in [0.29, 0.717) is 13.2 Å². The van der Waals surface area contributed by atoms with Crippen molar-refractivity contribution in [2.45, 2.75) is 13.0 Å². The average molecular weight is 273 g/mol. The van der Waals surface area contributed by atoms with Crippen molar-refractivity contribution in [1.29, 1.82) is 0 Å². The number of aryl methyl sites for hydroxylation is 1. The molecule has 1 aromatic heterocycles. The second kappa shape index (κ2) is 5.96. The molecule has 1 aromatic carbocycles. The fourth-order valence-electron chi connectivity index (χ4n) is 2.27. The van der Waals surface area contributed by atoms with E-state index in [1.807, 2.05) is 30.2 Å². The Morgan fingerprint density at radius 1 is 1.20 bits per heavy atom. The van der Waals surface area contributed by atoms with Crippen LogP contribution in [0.15, 0.2) is 30.6 Å². The molecule has 1 aliphatic heterocycles. The molecule has 0 saturated heterocycles. The van der Waals surface area contributed by atoms with Gasteiger partial charge in [0.1, 0.15) is 13.2 Å². The number of hydrogen-bond donors (Lipinski definition) is 1. The van der Waals surface area contributed by atoms with Crippen LogP contribution in [0.25, 0.3) is 0 Å². The number of hydrogen-bond acceptors (Lipinski definition) is 4. The van der Waals surface area contributed by atoms with Gasteiger partial charge < -0.3 is 14.8 Å². The molecule has 0 amide bonds. The van der Waals surface area contributed by atoms with Gasteiger partial charge in [0.25, 0.3) is 0 Å². The molecule has 2 heterocycles. The summed E-state index contributed by atoms with van der Waals surface area (Å²) < 4.78 is 12.9. The number of nitrogens with zero attached hydrogens (tertiary/aromatic N) is 2. The molecule has 0 aliphatic carbocycles. The second-order valence-corrected chi connectivity index (χ2v) is 4.93. The Morgan fingerprint density at radius 3 is 2.85 bits per heavy atom. The normalized spacial score (nSPS) is 13.4. The van der Waals surface area contributed by atoms with Crippen molar-refractivity contribution in [3.63, 3.8) is 0 Å². The van der Waals surface area contributed by atoms with Crippen molar-refractivity contribution >= 4 is 0 Å². The SMILES string of the molecule is Cn1cc(CNCCc2ccc3c(c2)OCCO3)cn1. The first-order chi connectivity index (χ1) is 9.81. The lowest BCUT2D eigenvalue weighted by molar-refractivity contribution is 0.171. The van der Waals surface area contributed by atoms with Gasteiger partial charge >= 0.3 is 0 Å². The van der Waals surface area contributed by atoms with E-state index in [1.165, 1.54) is 11.1 Å². The Bertz CT molecular complexity index is 580. The number of ether oxygens (including phenoxy) is 2. The maximum atomic E-state index is 5.59. The molecular formula is C15H19N3O2. The lowest BCUT2D eigenvalue weighted by Gasteiger charge is -2.18. The van der Waals surface area contributed by atoms with Crippen molar-refractivity contribution in [2.24, 2.45) is 7.05 Å². The molecule has 106 valence electrons. The van der Waals surface area contributed by atoms with E-state index in [4.69, 9.17) is 9.47 Å². The summed E-state index contributed by atoms with van der Waals surface area (Å²) in [5, 5.41) is 7.57. The van der Waals surface area contributed by atoms with Crippen molar-refractivity contribution in [2.75, 3.05) is 19.8 Å². The summed E-state index contributed by atoms with van der Waals surface area (Å²) in [5.74, 6) is 1.71. The predicted molar refractivity (Wildman–Crippen MR) is 76.1 cm³/mol. The molecule has 0 unspecified atom stereocenters. The van der Waals surface area contributed by atoms with Crippen molar-refractivity contribution in [3.05, 3.63) is 41.7 Å². The molecular weight excluding hydrogens is 254 g/mol. The molecule has 0 saturated carbocycles. The topological polar surface area (TPSA) is 48.3 Å². The Morgan fingerprint density at radius 2 is 2.05 bits per heavy atom. The average Bonchev–Trinajstić information content (AvgIpc) is 2.89. The summed E-state index contributed by atoms with van der Waals surface area (Å²) in [6.45, 7) is 3.04. The lowest BCUT2D eigenvalue weighted by Crippen LogP contribution is -2.17. The highest BCUT2D eigenvalue weighted by Gasteiger charge is 2.11. The zero-order valence-electron chi connectivity index (χ0n) is 11.6. The summed E-state index contributed by atoms with van der Waals surface area (Å²) in [7, 11) is 1.93. The maximum Gasteiger partial charge on any atom is 0.161 e. The molecule has 0 spiro atoms. The maximum absolute atomic E-state index is 5.59. The highest BCUT2D eigenvalue weighted by atomic mass is 16.6. The van der Waals surface area contributed by atoms with Gasteiger partial charge in [0, 0.05) is 25.4 Å². The van der Waals surface area contributed by atoms with E-state index in [-0.39, 0.29) is 0 Å². The van der Waals surface area contributed by atoms with Gasteiger partial charge in [-0.2, -0.15) is 5.10 Å². The van der Waals surface area contributed by atoms with Gasteiger partial charge in [-0.15, -0.1) is 0 Å². The highest BCUT2D eigenvalue weighted by molar-refractivity contribution is 5.43. The third kappa shape index (κ3) is 3.11. The Labute approximate surface area is 118 Å². The van der Waals surface area contributed by atoms with Gasteiger partial charge in [-0.1, -0.05) is 6.07 Å². The van der Waals surface area contributed by atoms with Crippen molar-refractivity contribution in [1.82, 2.24) is 15.1 Å². The first-order valence-corrected chi connectivity index (χ1v) is 6.88. The van der Waals surface area contributed by atoms with E-state index in [0.717, 1.165) is 31.0 Å². The minimum atomic E-state index is 0.635. The van der Waals surface area contributed by atoms with Gasteiger partial charge in [-0.25, -0.2) is 0 Å². The zero-order chi connectivity index (χ0) is 13.8. The highest BCUT2D eigenvalue weighted by Crippen LogP contribution is 2.30. The summed E-state index contributed by atoms with van der Waals surface area (Å²) in [6, 6.07) is 6.16. The van der Waals surface area contributed by atoms with E-state index in [2.05, 4.69) is 22.5 Å². The number of nitrogens with one attached hydrogen (secondary N) is 1. The summed E-state index contributed by atoms with van der Waals surface area (Å²) in [5.41, 5.74) is 2.46. The van der Waals surface area contributed by atoms with Crippen LogP contribution in [0.2, 0.25) is 0 Å². The molecule has 0 bridgehead atoms. The van der Waals surface area contributed by atoms with Gasteiger partial charge in [0.05, 0.1) is 6.20 Å². The number of rotatable bonds is 5. The first kappa shape index (κ1) is 13.0.